The van der Waals surface area contributed by atoms with E-state index in [0.717, 1.165) is 6.54 Å². The van der Waals surface area contributed by atoms with Crippen LogP contribution in [-0.2, 0) is 13.0 Å². The summed E-state index contributed by atoms with van der Waals surface area (Å²) in [6.07, 6.45) is 4.36. The number of fused-ring (bicyclic) bond motifs is 1. The standard InChI is InChI=1S/C15H18N2S/c1-10-3-4-12-5-6-14(13(12)7-10)16-9-15-17-8-11(2)18-15/h3-4,7-8,14,16H,5-6,9H2,1-2H3. The highest BCUT2D eigenvalue weighted by atomic mass is 32.1. The summed E-state index contributed by atoms with van der Waals surface area (Å²) in [5.74, 6) is 0. The number of nitrogens with one attached hydrogen (secondary N) is 1. The van der Waals surface area contributed by atoms with E-state index in [4.69, 9.17) is 0 Å². The molecule has 1 heterocycles. The number of aromatic nitrogens is 1. The molecule has 0 amide bonds. The van der Waals surface area contributed by atoms with E-state index in [2.05, 4.69) is 42.3 Å². The summed E-state index contributed by atoms with van der Waals surface area (Å²) in [4.78, 5) is 5.69. The molecule has 1 aliphatic rings. The second-order valence-corrected chi connectivity index (χ2v) is 6.36. The number of thiazole rings is 1. The molecule has 0 spiro atoms. The highest BCUT2D eigenvalue weighted by Gasteiger charge is 2.21. The maximum absolute atomic E-state index is 4.41. The van der Waals surface area contributed by atoms with Crippen LogP contribution in [0.3, 0.4) is 0 Å². The molecule has 1 atom stereocenters. The average Bonchev–Trinajstić information content (AvgIpc) is 2.93. The fraction of sp³-hybridized carbons (Fsp3) is 0.400. The van der Waals surface area contributed by atoms with Crippen LogP contribution in [0.1, 0.15) is 39.0 Å². The third-order valence-corrected chi connectivity index (χ3v) is 4.46. The predicted octanol–water partition coefficient (Wildman–Crippen LogP) is 3.54. The number of hydrogen-bond acceptors (Lipinski definition) is 3. The molecule has 18 heavy (non-hydrogen) atoms. The first-order valence-electron chi connectivity index (χ1n) is 6.46. The zero-order valence-electron chi connectivity index (χ0n) is 10.9. The third-order valence-electron chi connectivity index (χ3n) is 3.55. The van der Waals surface area contributed by atoms with E-state index in [9.17, 15) is 0 Å². The summed E-state index contributed by atoms with van der Waals surface area (Å²) in [6.45, 7) is 5.16. The maximum atomic E-state index is 4.41. The minimum atomic E-state index is 0.504. The van der Waals surface area contributed by atoms with Crippen molar-refractivity contribution in [2.75, 3.05) is 0 Å². The molecule has 1 aromatic heterocycles. The van der Waals surface area contributed by atoms with Crippen LogP contribution < -0.4 is 5.32 Å². The predicted molar refractivity (Wildman–Crippen MR) is 75.9 cm³/mol. The van der Waals surface area contributed by atoms with Crippen molar-refractivity contribution in [1.29, 1.82) is 0 Å². The second-order valence-electron chi connectivity index (χ2n) is 5.04. The van der Waals surface area contributed by atoms with Gasteiger partial charge in [-0.3, -0.25) is 0 Å². The lowest BCUT2D eigenvalue weighted by Crippen LogP contribution is -2.18. The average molecular weight is 258 g/mol. The molecule has 2 aromatic rings. The van der Waals surface area contributed by atoms with E-state index in [0.29, 0.717) is 6.04 Å². The summed E-state index contributed by atoms with van der Waals surface area (Å²) in [7, 11) is 0. The van der Waals surface area contributed by atoms with E-state index in [1.807, 2.05) is 6.20 Å². The van der Waals surface area contributed by atoms with Gasteiger partial charge in [0.1, 0.15) is 5.01 Å². The van der Waals surface area contributed by atoms with Crippen LogP contribution in [-0.4, -0.2) is 4.98 Å². The van der Waals surface area contributed by atoms with Crippen LogP contribution >= 0.6 is 11.3 Å². The number of nitrogens with zero attached hydrogens (tertiary/aromatic N) is 1. The van der Waals surface area contributed by atoms with Crippen LogP contribution in [0.2, 0.25) is 0 Å². The van der Waals surface area contributed by atoms with Gasteiger partial charge in [0.05, 0.1) is 0 Å². The van der Waals surface area contributed by atoms with Crippen LogP contribution in [0.15, 0.2) is 24.4 Å². The third kappa shape index (κ3) is 2.33. The minimum absolute atomic E-state index is 0.504. The number of benzene rings is 1. The summed E-state index contributed by atoms with van der Waals surface area (Å²) < 4.78 is 0. The van der Waals surface area contributed by atoms with Crippen molar-refractivity contribution in [3.05, 3.63) is 51.0 Å². The fourth-order valence-corrected chi connectivity index (χ4v) is 3.37. The molecule has 0 saturated heterocycles. The van der Waals surface area contributed by atoms with Gasteiger partial charge < -0.3 is 5.32 Å². The number of rotatable bonds is 3. The van der Waals surface area contributed by atoms with Gasteiger partial charge in [-0.1, -0.05) is 23.8 Å². The van der Waals surface area contributed by atoms with Gasteiger partial charge in [-0.2, -0.15) is 0 Å². The maximum Gasteiger partial charge on any atom is 0.107 e. The molecule has 94 valence electrons. The molecule has 1 aromatic carbocycles. The Morgan fingerprint density at radius 3 is 3.06 bits per heavy atom. The lowest BCUT2D eigenvalue weighted by atomic mass is 10.1. The van der Waals surface area contributed by atoms with Crippen molar-refractivity contribution >= 4 is 11.3 Å². The first-order chi connectivity index (χ1) is 8.72. The lowest BCUT2D eigenvalue weighted by molar-refractivity contribution is 0.529. The summed E-state index contributed by atoms with van der Waals surface area (Å²) in [5.41, 5.74) is 4.35. The van der Waals surface area contributed by atoms with Gasteiger partial charge in [0, 0.05) is 23.7 Å². The van der Waals surface area contributed by atoms with Gasteiger partial charge in [0.2, 0.25) is 0 Å². The van der Waals surface area contributed by atoms with Gasteiger partial charge in [-0.25, -0.2) is 4.98 Å². The Kier molecular flexibility index (Phi) is 3.18. The first-order valence-corrected chi connectivity index (χ1v) is 7.28. The Hall–Kier alpha value is -1.19. The van der Waals surface area contributed by atoms with Crippen LogP contribution in [0.4, 0.5) is 0 Å². The topological polar surface area (TPSA) is 24.9 Å². The quantitative estimate of drug-likeness (QED) is 0.911. The molecular weight excluding hydrogens is 240 g/mol. The first kappa shape index (κ1) is 11.9. The normalized spacial score (nSPS) is 18.0. The Labute approximate surface area is 112 Å². The second kappa shape index (κ2) is 4.82. The molecule has 0 aliphatic heterocycles. The van der Waals surface area contributed by atoms with Crippen molar-refractivity contribution in [2.24, 2.45) is 0 Å². The van der Waals surface area contributed by atoms with Gasteiger partial charge in [-0.15, -0.1) is 11.3 Å². The lowest BCUT2D eigenvalue weighted by Gasteiger charge is -2.13. The highest BCUT2D eigenvalue weighted by molar-refractivity contribution is 7.11. The zero-order valence-corrected chi connectivity index (χ0v) is 11.7. The molecular formula is C15H18N2S. The monoisotopic (exact) mass is 258 g/mol. The van der Waals surface area contributed by atoms with E-state index < -0.39 is 0 Å². The Morgan fingerprint density at radius 2 is 2.28 bits per heavy atom. The highest BCUT2D eigenvalue weighted by Crippen LogP contribution is 2.32. The van der Waals surface area contributed by atoms with Gasteiger partial charge in [0.15, 0.2) is 0 Å². The van der Waals surface area contributed by atoms with E-state index in [1.165, 1.54) is 39.4 Å². The van der Waals surface area contributed by atoms with Crippen molar-refractivity contribution in [3.63, 3.8) is 0 Å². The van der Waals surface area contributed by atoms with Gasteiger partial charge in [-0.05, 0) is 37.8 Å². The van der Waals surface area contributed by atoms with Gasteiger partial charge >= 0.3 is 0 Å². The van der Waals surface area contributed by atoms with Crippen molar-refractivity contribution in [1.82, 2.24) is 10.3 Å². The van der Waals surface area contributed by atoms with E-state index in [-0.39, 0.29) is 0 Å². The number of hydrogen-bond donors (Lipinski definition) is 1. The van der Waals surface area contributed by atoms with E-state index in [1.54, 1.807) is 11.3 Å². The smallest absolute Gasteiger partial charge is 0.107 e. The molecule has 3 heteroatoms. The molecule has 0 radical (unpaired) electrons. The van der Waals surface area contributed by atoms with E-state index >= 15 is 0 Å². The summed E-state index contributed by atoms with van der Waals surface area (Å²) in [5, 5.41) is 4.83. The Morgan fingerprint density at radius 1 is 1.39 bits per heavy atom. The van der Waals surface area contributed by atoms with Crippen LogP contribution in [0.5, 0.6) is 0 Å². The van der Waals surface area contributed by atoms with Gasteiger partial charge in [0.25, 0.3) is 0 Å². The molecule has 1 unspecified atom stereocenters. The van der Waals surface area contributed by atoms with Crippen molar-refractivity contribution in [2.45, 2.75) is 39.3 Å². The largest absolute Gasteiger partial charge is 0.304 e. The summed E-state index contributed by atoms with van der Waals surface area (Å²) in [6, 6.07) is 7.32. The summed E-state index contributed by atoms with van der Waals surface area (Å²) >= 11 is 1.78. The Bertz CT molecular complexity index is 559. The number of aryl methyl sites for hydroxylation is 3. The van der Waals surface area contributed by atoms with Crippen molar-refractivity contribution < 1.29 is 0 Å². The molecule has 2 nitrogen and oxygen atoms in total. The minimum Gasteiger partial charge on any atom is -0.304 e. The fourth-order valence-electron chi connectivity index (χ4n) is 2.63. The van der Waals surface area contributed by atoms with Crippen molar-refractivity contribution in [3.8, 4) is 0 Å². The van der Waals surface area contributed by atoms with Crippen LogP contribution in [0.25, 0.3) is 0 Å². The Balaban J connectivity index is 1.71. The zero-order chi connectivity index (χ0) is 12.5. The molecule has 3 rings (SSSR count). The molecule has 0 saturated carbocycles. The molecule has 0 fully saturated rings. The SMILES string of the molecule is Cc1ccc2c(c1)C(NCc1ncc(C)s1)CC2. The molecule has 0 bridgehead atoms. The van der Waals surface area contributed by atoms with Crippen LogP contribution in [0, 0.1) is 13.8 Å². The molecule has 1 aliphatic carbocycles. The molecule has 1 N–H and O–H groups in total.